The van der Waals surface area contributed by atoms with Crippen LogP contribution in [0.5, 0.6) is 11.5 Å². The Balaban J connectivity index is 1.73. The van der Waals surface area contributed by atoms with Crippen LogP contribution in [0.15, 0.2) is 0 Å². The van der Waals surface area contributed by atoms with Crippen molar-refractivity contribution in [1.82, 2.24) is 4.90 Å². The fourth-order valence-corrected chi connectivity index (χ4v) is 10.6. The third kappa shape index (κ3) is 27.5. The van der Waals surface area contributed by atoms with E-state index in [0.29, 0.717) is 12.8 Å². The van der Waals surface area contributed by atoms with Crippen LogP contribution in [-0.4, -0.2) is 59.9 Å². The molecular formula is C61H111NO6. The SMILES string of the molecule is CCCCCCCCC(CCCCCC)OC(=O)CCCCCCN(CCCCO)CCCCCC(=O)Oc1c(C)c(C)c2c(c1C)CCC(C)(CCCC(C)CCCC(C)CCCC(C)C)O2. The summed E-state index contributed by atoms with van der Waals surface area (Å²) in [4.78, 5) is 28.6. The molecule has 7 heteroatoms. The highest BCUT2D eigenvalue weighted by Gasteiger charge is 2.35. The minimum absolute atomic E-state index is 0.00405. The van der Waals surface area contributed by atoms with Gasteiger partial charge in [-0.3, -0.25) is 9.59 Å². The van der Waals surface area contributed by atoms with Crippen LogP contribution >= 0.6 is 0 Å². The summed E-state index contributed by atoms with van der Waals surface area (Å²) in [6.07, 6.45) is 38.1. The zero-order valence-electron chi connectivity index (χ0n) is 46.6. The van der Waals surface area contributed by atoms with Gasteiger partial charge in [-0.15, -0.1) is 0 Å². The molecule has 2 rings (SSSR count). The lowest BCUT2D eigenvalue weighted by atomic mass is 9.83. The summed E-state index contributed by atoms with van der Waals surface area (Å²) in [6, 6.07) is 0. The highest BCUT2D eigenvalue weighted by molar-refractivity contribution is 5.74. The van der Waals surface area contributed by atoms with Crippen molar-refractivity contribution in [3.63, 3.8) is 0 Å². The van der Waals surface area contributed by atoms with Gasteiger partial charge in [0.1, 0.15) is 23.2 Å². The summed E-state index contributed by atoms with van der Waals surface area (Å²) in [6.45, 7) is 25.9. The van der Waals surface area contributed by atoms with Crippen LogP contribution in [0.3, 0.4) is 0 Å². The third-order valence-corrected chi connectivity index (χ3v) is 15.5. The van der Waals surface area contributed by atoms with Crippen LogP contribution in [0.4, 0.5) is 0 Å². The number of hydrogen-bond donors (Lipinski definition) is 1. The first-order valence-corrected chi connectivity index (χ1v) is 29.3. The van der Waals surface area contributed by atoms with E-state index in [1.54, 1.807) is 0 Å². The Hall–Kier alpha value is -2.12. The molecule has 0 saturated carbocycles. The van der Waals surface area contributed by atoms with Gasteiger partial charge in [0.05, 0.1) is 0 Å². The third-order valence-electron chi connectivity index (χ3n) is 15.5. The van der Waals surface area contributed by atoms with Gasteiger partial charge in [-0.05, 0) is 172 Å². The highest BCUT2D eigenvalue weighted by Crippen LogP contribution is 2.45. The fourth-order valence-electron chi connectivity index (χ4n) is 10.6. The molecule has 1 aromatic rings. The maximum atomic E-state index is 13.3. The van der Waals surface area contributed by atoms with Gasteiger partial charge in [0, 0.05) is 25.0 Å². The van der Waals surface area contributed by atoms with Gasteiger partial charge in [0.15, 0.2) is 0 Å². The quantitative estimate of drug-likeness (QED) is 0.0396. The number of aliphatic hydroxyl groups is 1. The number of nitrogens with zero attached hydrogens (tertiary/aromatic N) is 1. The monoisotopic (exact) mass is 954 g/mol. The molecule has 1 aliphatic rings. The largest absolute Gasteiger partial charge is 0.487 e. The zero-order valence-corrected chi connectivity index (χ0v) is 46.6. The molecule has 0 radical (unpaired) electrons. The summed E-state index contributed by atoms with van der Waals surface area (Å²) >= 11 is 0. The van der Waals surface area contributed by atoms with E-state index in [-0.39, 0.29) is 30.3 Å². The van der Waals surface area contributed by atoms with Crippen LogP contribution in [0.25, 0.3) is 0 Å². The Morgan fingerprint density at radius 1 is 0.588 bits per heavy atom. The Morgan fingerprint density at radius 3 is 1.69 bits per heavy atom. The van der Waals surface area contributed by atoms with Crippen molar-refractivity contribution in [2.45, 2.75) is 299 Å². The van der Waals surface area contributed by atoms with E-state index in [1.165, 1.54) is 115 Å². The number of esters is 2. The predicted molar refractivity (Wildman–Crippen MR) is 289 cm³/mol. The summed E-state index contributed by atoms with van der Waals surface area (Å²) < 4.78 is 19.1. The molecule has 4 atom stereocenters. The molecule has 1 heterocycles. The highest BCUT2D eigenvalue weighted by atomic mass is 16.5. The fraction of sp³-hybridized carbons (Fsp3) is 0.869. The topological polar surface area (TPSA) is 85.3 Å². The van der Waals surface area contributed by atoms with Crippen LogP contribution < -0.4 is 9.47 Å². The van der Waals surface area contributed by atoms with E-state index < -0.39 is 0 Å². The normalized spacial score (nSPS) is 16.2. The standard InChI is InChI=1S/C61H111NO6/c1-11-13-15-17-18-23-39-55(38-22-16-14-12-2)66-57(64)40-24-19-20-26-45-62(47-28-29-48-63)46-27-21-25-41-58(65)67-59-52(7)53(8)60-56(54(59)9)42-44-61(10,68-60)43-32-37-51(6)36-31-35-50(5)34-30-33-49(3)4/h49-51,55,63H,11-48H2,1-10H3. The van der Waals surface area contributed by atoms with Crippen LogP contribution in [0.1, 0.15) is 283 Å². The van der Waals surface area contributed by atoms with Crippen LogP contribution in [-0.2, 0) is 20.7 Å². The van der Waals surface area contributed by atoms with Crippen molar-refractivity contribution < 1.29 is 28.9 Å². The van der Waals surface area contributed by atoms with Crippen molar-refractivity contribution in [3.05, 3.63) is 22.3 Å². The second-order valence-electron chi connectivity index (χ2n) is 22.7. The number of aliphatic hydroxyl groups excluding tert-OH is 1. The van der Waals surface area contributed by atoms with Crippen molar-refractivity contribution in [2.24, 2.45) is 17.8 Å². The van der Waals surface area contributed by atoms with Gasteiger partial charge in [-0.25, -0.2) is 0 Å². The van der Waals surface area contributed by atoms with Gasteiger partial charge < -0.3 is 24.2 Å². The van der Waals surface area contributed by atoms with E-state index in [0.717, 1.165) is 162 Å². The molecule has 0 amide bonds. The Morgan fingerprint density at radius 2 is 1.09 bits per heavy atom. The number of carbonyl (C=O) groups is 2. The molecule has 396 valence electrons. The first kappa shape index (κ1) is 62.0. The second-order valence-corrected chi connectivity index (χ2v) is 22.7. The molecule has 1 aliphatic heterocycles. The number of benzene rings is 1. The minimum atomic E-state index is -0.158. The number of carbonyl (C=O) groups excluding carboxylic acids is 2. The molecule has 4 unspecified atom stereocenters. The molecular weight excluding hydrogens is 843 g/mol. The van der Waals surface area contributed by atoms with E-state index in [1.807, 2.05) is 0 Å². The first-order valence-electron chi connectivity index (χ1n) is 29.3. The molecule has 7 nitrogen and oxygen atoms in total. The van der Waals surface area contributed by atoms with Crippen molar-refractivity contribution in [2.75, 3.05) is 26.2 Å². The Bertz CT molecular complexity index is 1460. The van der Waals surface area contributed by atoms with E-state index >= 15 is 0 Å². The summed E-state index contributed by atoms with van der Waals surface area (Å²) in [5, 5.41) is 9.42. The maximum Gasteiger partial charge on any atom is 0.311 e. The van der Waals surface area contributed by atoms with Crippen LogP contribution in [0.2, 0.25) is 0 Å². The van der Waals surface area contributed by atoms with Gasteiger partial charge in [0.2, 0.25) is 0 Å². The molecule has 1 N–H and O–H groups in total. The van der Waals surface area contributed by atoms with Crippen LogP contribution in [0, 0.1) is 38.5 Å². The number of ether oxygens (including phenoxy) is 3. The Kier molecular flexibility index (Phi) is 34.3. The lowest BCUT2D eigenvalue weighted by molar-refractivity contribution is -0.150. The lowest BCUT2D eigenvalue weighted by Gasteiger charge is -2.38. The van der Waals surface area contributed by atoms with E-state index in [2.05, 4.69) is 74.1 Å². The molecule has 0 saturated heterocycles. The summed E-state index contributed by atoms with van der Waals surface area (Å²) in [5.74, 6) is 4.04. The first-order chi connectivity index (χ1) is 32.7. The summed E-state index contributed by atoms with van der Waals surface area (Å²) in [7, 11) is 0. The number of fused-ring (bicyclic) bond motifs is 1. The van der Waals surface area contributed by atoms with Crippen molar-refractivity contribution >= 4 is 11.9 Å². The average molecular weight is 955 g/mol. The number of rotatable bonds is 43. The average Bonchev–Trinajstić information content (AvgIpc) is 3.30. The Labute approximate surface area is 421 Å². The smallest absolute Gasteiger partial charge is 0.311 e. The minimum Gasteiger partial charge on any atom is -0.487 e. The zero-order chi connectivity index (χ0) is 50.0. The van der Waals surface area contributed by atoms with Crippen molar-refractivity contribution in [1.29, 1.82) is 0 Å². The van der Waals surface area contributed by atoms with Gasteiger partial charge >= 0.3 is 11.9 Å². The molecule has 68 heavy (non-hydrogen) atoms. The molecule has 0 aliphatic carbocycles. The van der Waals surface area contributed by atoms with Gasteiger partial charge in [0.25, 0.3) is 0 Å². The molecule has 0 fully saturated rings. The van der Waals surface area contributed by atoms with Gasteiger partial charge in [-0.1, -0.05) is 157 Å². The molecule has 1 aromatic carbocycles. The summed E-state index contributed by atoms with van der Waals surface area (Å²) in [5.41, 5.74) is 4.24. The predicted octanol–water partition coefficient (Wildman–Crippen LogP) is 17.3. The lowest BCUT2D eigenvalue weighted by Crippen LogP contribution is -2.37. The maximum absolute atomic E-state index is 13.3. The number of hydrogen-bond acceptors (Lipinski definition) is 7. The van der Waals surface area contributed by atoms with Gasteiger partial charge in [-0.2, -0.15) is 0 Å². The molecule has 0 aromatic heterocycles. The number of unbranched alkanes of at least 4 members (excludes halogenated alkanes) is 14. The second kappa shape index (κ2) is 37.6. The van der Waals surface area contributed by atoms with E-state index in [9.17, 15) is 14.7 Å². The van der Waals surface area contributed by atoms with E-state index in [4.69, 9.17) is 14.2 Å². The molecule has 0 bridgehead atoms. The molecule has 0 spiro atoms. The van der Waals surface area contributed by atoms with Crippen molar-refractivity contribution in [3.8, 4) is 11.5 Å².